The average Bonchev–Trinajstić information content (AvgIpc) is 3.17. The van der Waals surface area contributed by atoms with Crippen molar-refractivity contribution in [3.8, 4) is 5.75 Å². The minimum Gasteiger partial charge on any atom is -0.508 e. The Morgan fingerprint density at radius 3 is 2.25 bits per heavy atom. The zero-order valence-corrected chi connectivity index (χ0v) is 13.7. The molecule has 1 saturated heterocycles. The number of aromatic nitrogens is 2. The lowest BCUT2D eigenvalue weighted by molar-refractivity contribution is 0.475. The molecule has 1 fully saturated rings. The van der Waals surface area contributed by atoms with Gasteiger partial charge in [-0.05, 0) is 42.5 Å². The number of nitrogens with zero attached hydrogens (tertiary/aromatic N) is 4. The minimum absolute atomic E-state index is 0.312. The number of phenols is 1. The van der Waals surface area contributed by atoms with Crippen molar-refractivity contribution in [3.63, 3.8) is 0 Å². The van der Waals surface area contributed by atoms with E-state index < -0.39 is 0 Å². The van der Waals surface area contributed by atoms with E-state index in [4.69, 9.17) is 0 Å². The summed E-state index contributed by atoms with van der Waals surface area (Å²) in [5, 5.41) is 9.42. The number of aromatic hydroxyl groups is 1. The molecule has 2 aliphatic rings. The van der Waals surface area contributed by atoms with Crippen LogP contribution >= 0.6 is 0 Å². The van der Waals surface area contributed by atoms with E-state index in [1.807, 2.05) is 12.1 Å². The first-order valence-corrected chi connectivity index (χ1v) is 8.60. The summed E-state index contributed by atoms with van der Waals surface area (Å²) in [7, 11) is 0. The van der Waals surface area contributed by atoms with E-state index in [9.17, 15) is 5.11 Å². The fraction of sp³-hybridized carbons (Fsp3) is 0.368. The summed E-state index contributed by atoms with van der Waals surface area (Å²) in [5.41, 5.74) is 2.52. The fourth-order valence-corrected chi connectivity index (χ4v) is 3.44. The summed E-state index contributed by atoms with van der Waals surface area (Å²) >= 11 is 0. The maximum absolute atomic E-state index is 9.42. The first-order valence-electron chi connectivity index (χ1n) is 8.60. The fourth-order valence-electron chi connectivity index (χ4n) is 3.44. The molecule has 2 aliphatic heterocycles. The highest BCUT2D eigenvalue weighted by Crippen LogP contribution is 2.27. The predicted octanol–water partition coefficient (Wildman–Crippen LogP) is 3.08. The third-order valence-electron chi connectivity index (χ3n) is 4.84. The van der Waals surface area contributed by atoms with E-state index in [0.717, 1.165) is 44.2 Å². The Hall–Kier alpha value is -2.56. The smallest absolute Gasteiger partial charge is 0.134 e. The largest absolute Gasteiger partial charge is 0.508 e. The van der Waals surface area contributed by atoms with Crippen LogP contribution in [0.5, 0.6) is 5.75 Å². The zero-order chi connectivity index (χ0) is 16.4. The summed E-state index contributed by atoms with van der Waals surface area (Å²) in [6.45, 7) is 4.00. The molecule has 2 aromatic rings. The minimum atomic E-state index is 0.312. The van der Waals surface area contributed by atoms with Gasteiger partial charge in [0.15, 0.2) is 0 Å². The van der Waals surface area contributed by atoms with Gasteiger partial charge >= 0.3 is 0 Å². The highest BCUT2D eigenvalue weighted by Gasteiger charge is 2.18. The van der Waals surface area contributed by atoms with Gasteiger partial charge in [0, 0.05) is 32.2 Å². The number of hydrogen-bond acceptors (Lipinski definition) is 5. The molecule has 124 valence electrons. The first-order chi connectivity index (χ1) is 11.8. The van der Waals surface area contributed by atoms with Crippen molar-refractivity contribution in [2.24, 2.45) is 0 Å². The molecule has 0 atom stereocenters. The molecule has 0 bridgehead atoms. The van der Waals surface area contributed by atoms with Crippen molar-refractivity contribution < 1.29 is 5.11 Å². The highest BCUT2D eigenvalue weighted by atomic mass is 16.3. The Morgan fingerprint density at radius 1 is 0.875 bits per heavy atom. The Bertz CT molecular complexity index is 735. The molecule has 0 amide bonds. The predicted molar refractivity (Wildman–Crippen MR) is 96.4 cm³/mol. The molecule has 0 unspecified atom stereocenters. The topological polar surface area (TPSA) is 52.5 Å². The maximum atomic E-state index is 9.42. The van der Waals surface area contributed by atoms with Gasteiger partial charge in [-0.25, -0.2) is 9.97 Å². The molecule has 1 aromatic carbocycles. The molecular formula is C19H22N4O. The van der Waals surface area contributed by atoms with E-state index >= 15 is 0 Å². The number of rotatable bonds is 3. The molecule has 4 rings (SSSR count). The molecule has 24 heavy (non-hydrogen) atoms. The van der Waals surface area contributed by atoms with Crippen molar-refractivity contribution in [3.05, 3.63) is 48.3 Å². The van der Waals surface area contributed by atoms with Gasteiger partial charge in [0.25, 0.3) is 0 Å². The van der Waals surface area contributed by atoms with Crippen LogP contribution in [0.1, 0.15) is 24.8 Å². The number of benzene rings is 1. The van der Waals surface area contributed by atoms with E-state index in [-0.39, 0.29) is 0 Å². The maximum Gasteiger partial charge on any atom is 0.134 e. The van der Waals surface area contributed by atoms with Crippen molar-refractivity contribution in [1.82, 2.24) is 9.97 Å². The Kier molecular flexibility index (Phi) is 4.07. The second-order valence-electron chi connectivity index (χ2n) is 6.40. The molecule has 1 aromatic heterocycles. The van der Waals surface area contributed by atoms with Crippen LogP contribution in [0.3, 0.4) is 0 Å². The summed E-state index contributed by atoms with van der Waals surface area (Å²) in [5.74, 6) is 2.37. The van der Waals surface area contributed by atoms with Gasteiger partial charge in [-0.1, -0.05) is 18.2 Å². The summed E-state index contributed by atoms with van der Waals surface area (Å²) in [6, 6.07) is 9.56. The lowest BCUT2D eigenvalue weighted by Crippen LogP contribution is -2.29. The standard InChI is InChI=1S/C19H22N4O/c24-17-5-3-15(4-6-17)16-7-11-23(12-8-16)19-13-18(20-14-21-19)22-9-1-2-10-22/h3-7,13-14,24H,1-2,8-12H2. The third kappa shape index (κ3) is 3.07. The van der Waals surface area contributed by atoms with Crippen molar-refractivity contribution in [2.45, 2.75) is 19.3 Å². The normalized spacial score (nSPS) is 17.9. The lowest BCUT2D eigenvalue weighted by atomic mass is 9.99. The number of anilines is 2. The Morgan fingerprint density at radius 2 is 1.58 bits per heavy atom. The molecule has 5 heteroatoms. The highest BCUT2D eigenvalue weighted by molar-refractivity contribution is 5.69. The van der Waals surface area contributed by atoms with Gasteiger partial charge in [0.05, 0.1) is 0 Å². The van der Waals surface area contributed by atoms with Crippen molar-refractivity contribution >= 4 is 17.2 Å². The number of hydrogen-bond donors (Lipinski definition) is 1. The molecule has 5 nitrogen and oxygen atoms in total. The van der Waals surface area contributed by atoms with Crippen LogP contribution in [-0.2, 0) is 0 Å². The van der Waals surface area contributed by atoms with Crippen molar-refractivity contribution in [2.75, 3.05) is 36.0 Å². The SMILES string of the molecule is Oc1ccc(C2=CCN(c3cc(N4CCCC4)ncn3)CC2)cc1. The van der Waals surface area contributed by atoms with Crippen LogP contribution in [0.25, 0.3) is 5.57 Å². The van der Waals surface area contributed by atoms with Crippen LogP contribution in [0.4, 0.5) is 11.6 Å². The summed E-state index contributed by atoms with van der Waals surface area (Å²) in [6.07, 6.45) is 7.42. The van der Waals surface area contributed by atoms with E-state index in [1.165, 1.54) is 24.0 Å². The average molecular weight is 322 g/mol. The van der Waals surface area contributed by atoms with E-state index in [1.54, 1.807) is 18.5 Å². The van der Waals surface area contributed by atoms with Crippen LogP contribution in [0.15, 0.2) is 42.7 Å². The number of phenolic OH excluding ortho intramolecular Hbond substituents is 1. The monoisotopic (exact) mass is 322 g/mol. The van der Waals surface area contributed by atoms with Crippen LogP contribution < -0.4 is 9.80 Å². The summed E-state index contributed by atoms with van der Waals surface area (Å²) in [4.78, 5) is 13.5. The van der Waals surface area contributed by atoms with Crippen LogP contribution in [0.2, 0.25) is 0 Å². The van der Waals surface area contributed by atoms with E-state index in [0.29, 0.717) is 5.75 Å². The zero-order valence-electron chi connectivity index (χ0n) is 13.7. The van der Waals surface area contributed by atoms with Gasteiger partial charge in [-0.15, -0.1) is 0 Å². The summed E-state index contributed by atoms with van der Waals surface area (Å²) < 4.78 is 0. The van der Waals surface area contributed by atoms with Gasteiger partial charge in [-0.2, -0.15) is 0 Å². The van der Waals surface area contributed by atoms with Crippen LogP contribution in [-0.4, -0.2) is 41.3 Å². The second kappa shape index (κ2) is 6.51. The van der Waals surface area contributed by atoms with Crippen LogP contribution in [0, 0.1) is 0 Å². The lowest BCUT2D eigenvalue weighted by Gasteiger charge is -2.28. The van der Waals surface area contributed by atoms with Gasteiger partial charge in [0.1, 0.15) is 23.7 Å². The first kappa shape index (κ1) is 15.0. The molecular weight excluding hydrogens is 300 g/mol. The van der Waals surface area contributed by atoms with Gasteiger partial charge in [-0.3, -0.25) is 0 Å². The Labute approximate surface area is 142 Å². The van der Waals surface area contributed by atoms with Gasteiger partial charge in [0.2, 0.25) is 0 Å². The quantitative estimate of drug-likeness (QED) is 0.941. The third-order valence-corrected chi connectivity index (χ3v) is 4.84. The molecule has 0 radical (unpaired) electrons. The molecule has 3 heterocycles. The molecule has 1 N–H and O–H groups in total. The Balaban J connectivity index is 1.49. The van der Waals surface area contributed by atoms with Crippen molar-refractivity contribution in [1.29, 1.82) is 0 Å². The molecule has 0 spiro atoms. The molecule has 0 saturated carbocycles. The second-order valence-corrected chi connectivity index (χ2v) is 6.40. The molecule has 0 aliphatic carbocycles. The van der Waals surface area contributed by atoms with Gasteiger partial charge < -0.3 is 14.9 Å². The van der Waals surface area contributed by atoms with E-state index in [2.05, 4.69) is 31.9 Å².